The van der Waals surface area contributed by atoms with Gasteiger partial charge in [0.2, 0.25) is 17.6 Å². The number of carbonyl (C=O) groups is 5. The number of nitrogens with one attached hydrogen (secondary N) is 4. The number of amides is 5. The summed E-state index contributed by atoms with van der Waals surface area (Å²) < 4.78 is 30.5. The molecule has 282 valence electrons. The van der Waals surface area contributed by atoms with E-state index in [2.05, 4.69) is 27.2 Å². The van der Waals surface area contributed by atoms with Gasteiger partial charge >= 0.3 is 6.03 Å². The fraction of sp³-hybridized carbons (Fsp3) is 0.806. The van der Waals surface area contributed by atoms with Gasteiger partial charge in [-0.3, -0.25) is 19.2 Å². The summed E-state index contributed by atoms with van der Waals surface area (Å²) in [6, 6.07) is -3.85. The fourth-order valence-corrected chi connectivity index (χ4v) is 8.94. The first-order valence-corrected chi connectivity index (χ1v) is 19.3. The molecule has 4 N–H and O–H groups in total. The van der Waals surface area contributed by atoms with E-state index in [4.69, 9.17) is 11.2 Å². The van der Waals surface area contributed by atoms with Crippen LogP contribution >= 0.6 is 0 Å². The molecule has 2 unspecified atom stereocenters. The topological polar surface area (TPSA) is 180 Å². The lowest BCUT2D eigenvalue weighted by Gasteiger charge is -2.41. The first-order chi connectivity index (χ1) is 23.0. The smallest absolute Gasteiger partial charge is 0.315 e. The Morgan fingerprint density at radius 2 is 1.62 bits per heavy atom. The third-order valence-corrected chi connectivity index (χ3v) is 13.6. The number of methoxy groups -OCH3 is 1. The number of fused-ring (bicyclic) bond motifs is 1. The van der Waals surface area contributed by atoms with Crippen LogP contribution in [0.2, 0.25) is 0 Å². The zero-order chi connectivity index (χ0) is 37.9. The van der Waals surface area contributed by atoms with E-state index in [0.717, 1.165) is 19.3 Å². The monoisotopic (exact) mass is 721 g/mol. The molecule has 2 aliphatic carbocycles. The van der Waals surface area contributed by atoms with Crippen LogP contribution in [0.1, 0.15) is 100 Å². The standard InChI is InChI=1S/C36H59N5O8S/c1-11-12-16-24(27(42)30(44)37-19-20-49-10)38-29(43)26-25-23(35(25,8)9)21-41(26)31(45)28(33(2,3)4)39-32(46)40-36(17-14-13-15-18-36)22-50(47,48)34(5,6)7/h1,23-26,28H,12-22H2,2-10H3,(H,37,44)(H,38,43)(H2,39,40,46)/t23-,24?,25?,26+,28-/m1/s1. The first-order valence-electron chi connectivity index (χ1n) is 17.7. The van der Waals surface area contributed by atoms with Crippen molar-refractivity contribution in [3.63, 3.8) is 0 Å². The van der Waals surface area contributed by atoms with E-state index in [9.17, 15) is 32.4 Å². The van der Waals surface area contributed by atoms with E-state index in [0.29, 0.717) is 12.8 Å². The Morgan fingerprint density at radius 3 is 2.16 bits per heavy atom. The third-order valence-electron chi connectivity index (χ3n) is 10.8. The average molecular weight is 722 g/mol. The van der Waals surface area contributed by atoms with Crippen molar-refractivity contribution in [1.29, 1.82) is 0 Å². The van der Waals surface area contributed by atoms with Crippen LogP contribution < -0.4 is 21.3 Å². The van der Waals surface area contributed by atoms with Crippen molar-refractivity contribution in [2.24, 2.45) is 22.7 Å². The maximum absolute atomic E-state index is 14.4. The summed E-state index contributed by atoms with van der Waals surface area (Å²) >= 11 is 0. The molecular formula is C36H59N5O8S. The quantitative estimate of drug-likeness (QED) is 0.120. The van der Waals surface area contributed by atoms with Crippen LogP contribution in [-0.2, 0) is 33.8 Å². The molecule has 3 rings (SSSR count). The molecule has 1 aliphatic heterocycles. The largest absolute Gasteiger partial charge is 0.383 e. The molecule has 0 spiro atoms. The molecule has 3 fully saturated rings. The molecule has 0 aromatic carbocycles. The van der Waals surface area contributed by atoms with Gasteiger partial charge in [-0.2, -0.15) is 0 Å². The number of ketones is 1. The number of rotatable bonds is 14. The molecule has 0 radical (unpaired) electrons. The number of hydrogen-bond acceptors (Lipinski definition) is 8. The molecule has 1 heterocycles. The minimum atomic E-state index is -3.58. The van der Waals surface area contributed by atoms with Crippen LogP contribution in [0, 0.1) is 35.0 Å². The number of terminal acetylenes is 1. The summed E-state index contributed by atoms with van der Waals surface area (Å²) in [5.41, 5.74) is -2.01. The Hall–Kier alpha value is -3.18. The van der Waals surface area contributed by atoms with Crippen LogP contribution in [0.4, 0.5) is 4.79 Å². The average Bonchev–Trinajstić information content (AvgIpc) is 3.31. The molecule has 0 aromatic rings. The minimum Gasteiger partial charge on any atom is -0.383 e. The van der Waals surface area contributed by atoms with E-state index >= 15 is 0 Å². The van der Waals surface area contributed by atoms with Gasteiger partial charge in [-0.15, -0.1) is 12.3 Å². The van der Waals surface area contributed by atoms with Crippen molar-refractivity contribution in [1.82, 2.24) is 26.2 Å². The zero-order valence-electron chi connectivity index (χ0n) is 31.4. The Labute approximate surface area is 298 Å². The second kappa shape index (κ2) is 15.6. The maximum Gasteiger partial charge on any atom is 0.315 e. The molecule has 0 bridgehead atoms. The Balaban J connectivity index is 1.85. The number of Topliss-reactive ketones (excluding diaryl/α,β-unsaturated/α-hetero) is 1. The molecule has 14 heteroatoms. The highest BCUT2D eigenvalue weighted by Crippen LogP contribution is 2.65. The van der Waals surface area contributed by atoms with Gasteiger partial charge < -0.3 is 30.9 Å². The maximum atomic E-state index is 14.4. The van der Waals surface area contributed by atoms with Gasteiger partial charge in [0.1, 0.15) is 12.1 Å². The SMILES string of the molecule is C#CCCC(NC(=O)[C@@H]1C2[C@@H](CN1C(=O)[C@@H](NC(=O)NC1(CS(=O)(=O)C(C)(C)C)CCCCC1)C(C)(C)C)C2(C)C)C(=O)C(=O)NCCOC. The second-order valence-corrected chi connectivity index (χ2v) is 19.7. The lowest BCUT2D eigenvalue weighted by molar-refractivity contribution is -0.145. The summed E-state index contributed by atoms with van der Waals surface area (Å²) in [6.45, 7) is 15.0. The van der Waals surface area contributed by atoms with Crippen LogP contribution in [0.15, 0.2) is 0 Å². The fourth-order valence-electron chi connectivity index (χ4n) is 7.42. The molecule has 5 amide bonds. The van der Waals surface area contributed by atoms with Crippen molar-refractivity contribution in [2.45, 2.75) is 129 Å². The summed E-state index contributed by atoms with van der Waals surface area (Å²) in [4.78, 5) is 69.4. The Bertz CT molecular complexity index is 1450. The highest BCUT2D eigenvalue weighted by molar-refractivity contribution is 7.92. The van der Waals surface area contributed by atoms with Crippen LogP contribution in [0.3, 0.4) is 0 Å². The molecule has 50 heavy (non-hydrogen) atoms. The minimum absolute atomic E-state index is 0.0157. The number of piperidine rings is 1. The van der Waals surface area contributed by atoms with E-state index in [-0.39, 0.29) is 55.5 Å². The van der Waals surface area contributed by atoms with E-state index in [1.54, 1.807) is 20.8 Å². The van der Waals surface area contributed by atoms with E-state index < -0.39 is 73.2 Å². The summed E-state index contributed by atoms with van der Waals surface area (Å²) in [7, 11) is -2.11. The van der Waals surface area contributed by atoms with E-state index in [1.807, 2.05) is 34.6 Å². The lowest BCUT2D eigenvalue weighted by Crippen LogP contribution is -2.64. The Kier molecular flexibility index (Phi) is 12.9. The number of likely N-dealkylation sites (tertiary alicyclic amines) is 1. The van der Waals surface area contributed by atoms with Gasteiger partial charge in [0.05, 0.1) is 28.7 Å². The van der Waals surface area contributed by atoms with Gasteiger partial charge in [0, 0.05) is 26.6 Å². The van der Waals surface area contributed by atoms with Crippen molar-refractivity contribution >= 4 is 39.4 Å². The van der Waals surface area contributed by atoms with Crippen molar-refractivity contribution in [3.05, 3.63) is 0 Å². The summed E-state index contributed by atoms with van der Waals surface area (Å²) in [5, 5.41) is 11.1. The predicted molar refractivity (Wildman–Crippen MR) is 190 cm³/mol. The van der Waals surface area contributed by atoms with E-state index in [1.165, 1.54) is 12.0 Å². The van der Waals surface area contributed by atoms with Crippen molar-refractivity contribution in [2.75, 3.05) is 32.6 Å². The number of urea groups is 1. The summed E-state index contributed by atoms with van der Waals surface area (Å²) in [5.74, 6) is -0.689. The lowest BCUT2D eigenvalue weighted by atomic mass is 9.83. The molecule has 5 atom stereocenters. The van der Waals surface area contributed by atoms with Gasteiger partial charge in [0.15, 0.2) is 9.84 Å². The zero-order valence-corrected chi connectivity index (χ0v) is 32.2. The predicted octanol–water partition coefficient (Wildman–Crippen LogP) is 2.33. The molecule has 13 nitrogen and oxygen atoms in total. The molecule has 2 saturated carbocycles. The van der Waals surface area contributed by atoms with Crippen LogP contribution in [-0.4, -0.2) is 104 Å². The van der Waals surface area contributed by atoms with Crippen molar-refractivity contribution in [3.8, 4) is 12.3 Å². The highest BCUT2D eigenvalue weighted by Gasteiger charge is 2.70. The number of ether oxygens (including phenoxy) is 1. The second-order valence-electron chi connectivity index (χ2n) is 16.9. The number of nitrogens with zero attached hydrogens (tertiary/aromatic N) is 1. The first kappa shape index (κ1) is 41.2. The van der Waals surface area contributed by atoms with Crippen LogP contribution in [0.25, 0.3) is 0 Å². The molecule has 0 aromatic heterocycles. The number of carbonyl (C=O) groups excluding carboxylic acids is 5. The highest BCUT2D eigenvalue weighted by atomic mass is 32.2. The molecule has 3 aliphatic rings. The number of hydrogen-bond donors (Lipinski definition) is 4. The third kappa shape index (κ3) is 9.37. The Morgan fingerprint density at radius 1 is 1.00 bits per heavy atom. The molecular weight excluding hydrogens is 662 g/mol. The van der Waals surface area contributed by atoms with Gasteiger partial charge in [-0.25, -0.2) is 13.2 Å². The van der Waals surface area contributed by atoms with Gasteiger partial charge in [-0.05, 0) is 62.7 Å². The molecule has 1 saturated heterocycles. The van der Waals surface area contributed by atoms with Crippen LogP contribution in [0.5, 0.6) is 0 Å². The van der Waals surface area contributed by atoms with Gasteiger partial charge in [0.25, 0.3) is 5.91 Å². The van der Waals surface area contributed by atoms with Crippen molar-refractivity contribution < 1.29 is 37.1 Å². The number of sulfone groups is 1. The van der Waals surface area contributed by atoms with Gasteiger partial charge in [-0.1, -0.05) is 53.9 Å². The summed E-state index contributed by atoms with van der Waals surface area (Å²) in [6.07, 6.45) is 9.10. The normalized spacial score (nSPS) is 23.8.